The van der Waals surface area contributed by atoms with Crippen molar-refractivity contribution in [1.82, 2.24) is 0 Å². The van der Waals surface area contributed by atoms with Gasteiger partial charge in [0.1, 0.15) is 5.82 Å². The molecule has 0 saturated carbocycles. The van der Waals surface area contributed by atoms with Gasteiger partial charge in [-0.15, -0.1) is 0 Å². The number of halogens is 3. The van der Waals surface area contributed by atoms with E-state index in [4.69, 9.17) is 0 Å². The molecule has 3 heteroatoms. The summed E-state index contributed by atoms with van der Waals surface area (Å²) in [7, 11) is 0. The minimum Gasteiger partial charge on any atom is -0.206 e. The normalized spacial score (nSPS) is 11.0. The molecule has 0 radical (unpaired) electrons. The monoisotopic (exact) mass is 368 g/mol. The van der Waals surface area contributed by atoms with E-state index in [1.165, 1.54) is 37.0 Å². The summed E-state index contributed by atoms with van der Waals surface area (Å²) in [6.45, 7) is 2.18. The Hall–Kier alpha value is -2.55. The van der Waals surface area contributed by atoms with Crippen LogP contribution in [0.2, 0.25) is 0 Å². The van der Waals surface area contributed by atoms with Gasteiger partial charge in [0.25, 0.3) is 0 Å². The average Bonchev–Trinajstić information content (AvgIpc) is 2.68. The van der Waals surface area contributed by atoms with Crippen LogP contribution in [0.25, 0.3) is 22.3 Å². The Morgan fingerprint density at radius 2 is 1.41 bits per heavy atom. The summed E-state index contributed by atoms with van der Waals surface area (Å²) in [4.78, 5) is 0. The van der Waals surface area contributed by atoms with Crippen LogP contribution in [0.4, 0.5) is 13.2 Å². The fourth-order valence-corrected chi connectivity index (χ4v) is 3.33. The van der Waals surface area contributed by atoms with Gasteiger partial charge in [-0.2, -0.15) is 0 Å². The van der Waals surface area contributed by atoms with E-state index in [9.17, 15) is 13.2 Å². The van der Waals surface area contributed by atoms with E-state index in [2.05, 4.69) is 6.92 Å². The maximum atomic E-state index is 14.7. The van der Waals surface area contributed by atoms with Gasteiger partial charge in [-0.1, -0.05) is 74.7 Å². The van der Waals surface area contributed by atoms with Crippen LogP contribution in [0, 0.1) is 17.5 Å². The summed E-state index contributed by atoms with van der Waals surface area (Å²) >= 11 is 0. The summed E-state index contributed by atoms with van der Waals surface area (Å²) in [6, 6.07) is 16.1. The van der Waals surface area contributed by atoms with Gasteiger partial charge in [-0.05, 0) is 41.7 Å². The van der Waals surface area contributed by atoms with Crippen molar-refractivity contribution < 1.29 is 13.2 Å². The minimum absolute atomic E-state index is 0.0950. The third-order valence-electron chi connectivity index (χ3n) is 4.82. The van der Waals surface area contributed by atoms with E-state index in [-0.39, 0.29) is 11.1 Å². The van der Waals surface area contributed by atoms with Gasteiger partial charge < -0.3 is 0 Å². The summed E-state index contributed by atoms with van der Waals surface area (Å²) in [5, 5.41) is 0. The quantitative estimate of drug-likeness (QED) is 0.377. The molecule has 0 bridgehead atoms. The zero-order valence-electron chi connectivity index (χ0n) is 15.4. The number of benzene rings is 3. The SMILES string of the molecule is CCCCCCc1ccc(-c2c(-c3ccccc3F)ccc(F)c2F)cc1. The summed E-state index contributed by atoms with van der Waals surface area (Å²) in [6.07, 6.45) is 5.68. The van der Waals surface area contributed by atoms with E-state index in [1.54, 1.807) is 30.3 Å². The zero-order valence-corrected chi connectivity index (χ0v) is 15.4. The molecule has 3 aromatic rings. The van der Waals surface area contributed by atoms with Crippen molar-refractivity contribution in [3.8, 4) is 22.3 Å². The van der Waals surface area contributed by atoms with Gasteiger partial charge >= 0.3 is 0 Å². The molecule has 3 rings (SSSR count). The first-order valence-electron chi connectivity index (χ1n) is 9.44. The third-order valence-corrected chi connectivity index (χ3v) is 4.82. The molecule has 0 atom stereocenters. The standard InChI is InChI=1S/C24H23F3/c1-2-3-4-5-8-17-11-13-18(14-12-17)23-20(15-16-22(26)24(23)27)19-9-6-7-10-21(19)25/h6-7,9-16H,2-5,8H2,1H3. The Balaban J connectivity index is 1.96. The zero-order chi connectivity index (χ0) is 19.2. The van der Waals surface area contributed by atoms with E-state index in [0.717, 1.165) is 18.9 Å². The van der Waals surface area contributed by atoms with Crippen molar-refractivity contribution >= 4 is 0 Å². The number of unbranched alkanes of at least 4 members (excludes halogenated alkanes) is 3. The molecule has 0 unspecified atom stereocenters. The van der Waals surface area contributed by atoms with Crippen LogP contribution >= 0.6 is 0 Å². The van der Waals surface area contributed by atoms with Gasteiger partial charge in [0.2, 0.25) is 0 Å². The number of hydrogen-bond donors (Lipinski definition) is 0. The van der Waals surface area contributed by atoms with Crippen molar-refractivity contribution in [3.05, 3.63) is 83.7 Å². The highest BCUT2D eigenvalue weighted by molar-refractivity contribution is 5.84. The molecule has 3 aromatic carbocycles. The smallest absolute Gasteiger partial charge is 0.167 e. The predicted molar refractivity (Wildman–Crippen MR) is 105 cm³/mol. The van der Waals surface area contributed by atoms with Crippen LogP contribution in [0.5, 0.6) is 0 Å². The molecule has 0 aromatic heterocycles. The number of aryl methyl sites for hydroxylation is 1. The Kier molecular flexibility index (Phi) is 6.33. The van der Waals surface area contributed by atoms with Crippen LogP contribution in [0.1, 0.15) is 38.2 Å². The van der Waals surface area contributed by atoms with Crippen molar-refractivity contribution in [2.45, 2.75) is 39.0 Å². The molecular formula is C24H23F3. The van der Waals surface area contributed by atoms with Crippen molar-refractivity contribution in [2.75, 3.05) is 0 Å². The van der Waals surface area contributed by atoms with Crippen LogP contribution in [-0.4, -0.2) is 0 Å². The largest absolute Gasteiger partial charge is 0.206 e. The second-order valence-electron chi connectivity index (χ2n) is 6.77. The molecule has 0 aliphatic heterocycles. The molecular weight excluding hydrogens is 345 g/mol. The second kappa shape index (κ2) is 8.90. The molecule has 0 saturated heterocycles. The van der Waals surface area contributed by atoms with Gasteiger partial charge in [0.15, 0.2) is 11.6 Å². The molecule has 0 spiro atoms. The Labute approximate surface area is 158 Å². The van der Waals surface area contributed by atoms with Gasteiger partial charge in [-0.25, -0.2) is 13.2 Å². The van der Waals surface area contributed by atoms with E-state index >= 15 is 0 Å². The Bertz CT molecular complexity index is 898. The Morgan fingerprint density at radius 1 is 0.667 bits per heavy atom. The van der Waals surface area contributed by atoms with E-state index < -0.39 is 17.5 Å². The minimum atomic E-state index is -0.952. The molecule has 0 N–H and O–H groups in total. The number of rotatable bonds is 7. The maximum absolute atomic E-state index is 14.7. The number of hydrogen-bond acceptors (Lipinski definition) is 0. The average molecular weight is 368 g/mol. The molecule has 27 heavy (non-hydrogen) atoms. The van der Waals surface area contributed by atoms with Gasteiger partial charge in [0.05, 0.1) is 0 Å². The van der Waals surface area contributed by atoms with E-state index in [1.807, 2.05) is 12.1 Å². The summed E-state index contributed by atoms with van der Waals surface area (Å²) < 4.78 is 42.8. The molecule has 0 fully saturated rings. The lowest BCUT2D eigenvalue weighted by Gasteiger charge is -2.13. The molecule has 0 amide bonds. The first kappa shape index (κ1) is 19.2. The van der Waals surface area contributed by atoms with Crippen molar-refractivity contribution in [2.24, 2.45) is 0 Å². The highest BCUT2D eigenvalue weighted by Gasteiger charge is 2.18. The lowest BCUT2D eigenvalue weighted by molar-refractivity contribution is 0.511. The molecule has 0 nitrogen and oxygen atoms in total. The predicted octanol–water partition coefficient (Wildman–Crippen LogP) is 7.56. The summed E-state index contributed by atoms with van der Waals surface area (Å²) in [5.41, 5.74) is 2.41. The van der Waals surface area contributed by atoms with Crippen molar-refractivity contribution in [1.29, 1.82) is 0 Å². The first-order chi connectivity index (χ1) is 13.1. The summed E-state index contributed by atoms with van der Waals surface area (Å²) in [5.74, 6) is -2.35. The van der Waals surface area contributed by atoms with Crippen LogP contribution in [-0.2, 0) is 6.42 Å². The van der Waals surface area contributed by atoms with Crippen LogP contribution in [0.15, 0.2) is 60.7 Å². The highest BCUT2D eigenvalue weighted by Crippen LogP contribution is 2.36. The topological polar surface area (TPSA) is 0 Å². The third kappa shape index (κ3) is 4.41. The van der Waals surface area contributed by atoms with Gasteiger partial charge in [-0.3, -0.25) is 0 Å². The Morgan fingerprint density at radius 3 is 2.11 bits per heavy atom. The molecule has 0 aliphatic carbocycles. The van der Waals surface area contributed by atoms with E-state index in [0.29, 0.717) is 11.1 Å². The first-order valence-corrected chi connectivity index (χ1v) is 9.44. The maximum Gasteiger partial charge on any atom is 0.167 e. The second-order valence-corrected chi connectivity index (χ2v) is 6.77. The van der Waals surface area contributed by atoms with Crippen molar-refractivity contribution in [3.63, 3.8) is 0 Å². The lowest BCUT2D eigenvalue weighted by Crippen LogP contribution is -1.96. The van der Waals surface area contributed by atoms with Crippen LogP contribution < -0.4 is 0 Å². The fourth-order valence-electron chi connectivity index (χ4n) is 3.33. The fraction of sp³-hybridized carbons (Fsp3) is 0.250. The van der Waals surface area contributed by atoms with Crippen LogP contribution in [0.3, 0.4) is 0 Å². The molecule has 140 valence electrons. The van der Waals surface area contributed by atoms with Gasteiger partial charge in [0, 0.05) is 11.1 Å². The lowest BCUT2D eigenvalue weighted by atomic mass is 9.92. The molecule has 0 heterocycles. The highest BCUT2D eigenvalue weighted by atomic mass is 19.2. The molecule has 0 aliphatic rings.